The zero-order chi connectivity index (χ0) is 33.0. The molecule has 0 saturated carbocycles. The third kappa shape index (κ3) is 7.43. The number of piperidine rings is 1. The monoisotopic (exact) mass is 661 g/mol. The number of nitrogens with two attached hydrogens (primary N) is 1. The zero-order valence-electron chi connectivity index (χ0n) is 25.5. The van der Waals surface area contributed by atoms with E-state index in [1.165, 1.54) is 17.2 Å². The first-order chi connectivity index (χ1) is 22.0. The summed E-state index contributed by atoms with van der Waals surface area (Å²) in [5.41, 5.74) is 4.94. The fraction of sp³-hybridized carbons (Fsp3) is 0.571. The Bertz CT molecular complexity index is 1460. The van der Waals surface area contributed by atoms with Gasteiger partial charge in [-0.25, -0.2) is 18.7 Å². The van der Waals surface area contributed by atoms with E-state index in [1.54, 1.807) is 16.8 Å². The largest absolute Gasteiger partial charge is 0.378 e. The molecule has 3 saturated heterocycles. The van der Waals surface area contributed by atoms with E-state index >= 15 is 0 Å². The molecule has 248 valence electrons. The van der Waals surface area contributed by atoms with Gasteiger partial charge < -0.3 is 35.0 Å². The van der Waals surface area contributed by atoms with Gasteiger partial charge in [0.1, 0.15) is 5.69 Å². The van der Waals surface area contributed by atoms with Crippen molar-refractivity contribution in [2.75, 3.05) is 94.7 Å². The van der Waals surface area contributed by atoms with E-state index in [1.807, 2.05) is 9.80 Å². The second kappa shape index (κ2) is 14.5. The van der Waals surface area contributed by atoms with Gasteiger partial charge in [0.05, 0.1) is 31.2 Å². The van der Waals surface area contributed by atoms with Crippen LogP contribution in [-0.4, -0.2) is 142 Å². The number of anilines is 3. The molecule has 3 amide bonds. The lowest BCUT2D eigenvalue weighted by atomic mass is 9.94. The summed E-state index contributed by atoms with van der Waals surface area (Å²) < 4.78 is 33.3. The molecule has 0 spiro atoms. The molecule has 3 fully saturated rings. The van der Waals surface area contributed by atoms with Gasteiger partial charge in [-0.2, -0.15) is 27.6 Å². The molecule has 2 atom stereocenters. The number of likely N-dealkylation sites (N-methyl/N-ethyl adjacent to an activating group) is 1. The van der Waals surface area contributed by atoms with E-state index < -0.39 is 18.0 Å². The molecule has 2 unspecified atom stereocenters. The van der Waals surface area contributed by atoms with E-state index in [9.17, 15) is 23.2 Å². The van der Waals surface area contributed by atoms with E-state index in [0.29, 0.717) is 77.9 Å². The van der Waals surface area contributed by atoms with Crippen molar-refractivity contribution in [2.24, 2.45) is 5.92 Å². The number of nitrogen functional groups attached to an aromatic ring is 1. The van der Waals surface area contributed by atoms with Gasteiger partial charge in [0.15, 0.2) is 5.82 Å². The highest BCUT2D eigenvalue weighted by molar-refractivity contribution is 7.81. The van der Waals surface area contributed by atoms with Crippen LogP contribution in [-0.2, 0) is 19.1 Å². The summed E-state index contributed by atoms with van der Waals surface area (Å²) in [6.07, 6.45) is -0.0558. The summed E-state index contributed by atoms with van der Waals surface area (Å²) in [5.74, 6) is -0.742. The predicted octanol–water partition coefficient (Wildman–Crippen LogP) is 0.125. The van der Waals surface area contributed by atoms with Gasteiger partial charge in [-0.05, 0) is 12.5 Å². The SMILES string of the molecule is C=CC(=O)N1CCC(C(=O)N(C)CC(=O)N2CCN(c3nc(-c4cnc(N)nc4C(F)F)nc(N4CCOCC4)n3)CC2)C(S)C1. The standard InChI is InChI=1S/C28H37F2N11O4S/c1-3-20(42)41-5-4-17(19(46)15-41)25(44)37(2)16-21(43)38-6-8-39(9-7-38)27-34-24(18-14-32-26(31)33-22(18)23(29)30)35-28(36-27)40-10-12-45-13-11-40/h3,14,17,19,23,46H,1,4-13,15-16H2,2H3,(H2,31,32,33). The van der Waals surface area contributed by atoms with Crippen molar-refractivity contribution < 1.29 is 27.9 Å². The lowest BCUT2D eigenvalue weighted by molar-refractivity contribution is -0.143. The molecule has 5 rings (SSSR count). The molecule has 2 N–H and O–H groups in total. The Kier molecular flexibility index (Phi) is 10.5. The molecule has 3 aliphatic rings. The van der Waals surface area contributed by atoms with E-state index in [2.05, 4.69) is 44.1 Å². The Labute approximate surface area is 270 Å². The van der Waals surface area contributed by atoms with Crippen LogP contribution in [0.2, 0.25) is 0 Å². The van der Waals surface area contributed by atoms with Crippen molar-refractivity contribution in [2.45, 2.75) is 18.1 Å². The summed E-state index contributed by atoms with van der Waals surface area (Å²) >= 11 is 4.56. The van der Waals surface area contributed by atoms with Gasteiger partial charge in [0.2, 0.25) is 35.6 Å². The maximum Gasteiger partial charge on any atom is 0.281 e. The number of nitrogens with zero attached hydrogens (tertiary/aromatic N) is 10. The van der Waals surface area contributed by atoms with Crippen LogP contribution in [0.4, 0.5) is 26.6 Å². The second-order valence-electron chi connectivity index (χ2n) is 11.2. The molecule has 18 heteroatoms. The first-order valence-corrected chi connectivity index (χ1v) is 15.4. The number of carbonyl (C=O) groups excluding carboxylic acids is 3. The fourth-order valence-electron chi connectivity index (χ4n) is 5.64. The average molecular weight is 662 g/mol. The molecule has 0 radical (unpaired) electrons. The Morgan fingerprint density at radius 1 is 1.04 bits per heavy atom. The first-order valence-electron chi connectivity index (χ1n) is 14.9. The number of morpholine rings is 1. The number of carbonyl (C=O) groups is 3. The Balaban J connectivity index is 1.25. The van der Waals surface area contributed by atoms with E-state index in [0.717, 1.165) is 0 Å². The number of alkyl halides is 2. The predicted molar refractivity (Wildman–Crippen MR) is 167 cm³/mol. The number of aromatic nitrogens is 5. The Hall–Kier alpha value is -4.19. The smallest absolute Gasteiger partial charge is 0.281 e. The molecule has 3 aliphatic heterocycles. The topological polar surface area (TPSA) is 167 Å². The molecule has 0 aliphatic carbocycles. The number of likely N-dealkylation sites (tertiary alicyclic amines) is 1. The van der Waals surface area contributed by atoms with Crippen molar-refractivity contribution >= 4 is 48.2 Å². The van der Waals surface area contributed by atoms with Gasteiger partial charge in [0.25, 0.3) is 6.43 Å². The van der Waals surface area contributed by atoms with Crippen LogP contribution in [0, 0.1) is 5.92 Å². The van der Waals surface area contributed by atoms with E-state index in [4.69, 9.17) is 10.5 Å². The van der Waals surface area contributed by atoms with Crippen molar-refractivity contribution in [1.29, 1.82) is 0 Å². The summed E-state index contributed by atoms with van der Waals surface area (Å²) in [5, 5.41) is -0.351. The number of hydrogen-bond acceptors (Lipinski definition) is 13. The number of halogens is 2. The highest BCUT2D eigenvalue weighted by Gasteiger charge is 2.36. The maximum absolute atomic E-state index is 13.9. The van der Waals surface area contributed by atoms with Crippen molar-refractivity contribution in [3.05, 3.63) is 24.5 Å². The minimum atomic E-state index is -2.93. The lowest BCUT2D eigenvalue weighted by Crippen LogP contribution is -2.53. The van der Waals surface area contributed by atoms with Crippen LogP contribution < -0.4 is 15.5 Å². The van der Waals surface area contributed by atoms with Gasteiger partial charge >= 0.3 is 0 Å². The third-order valence-corrected chi connectivity index (χ3v) is 8.76. The van der Waals surface area contributed by atoms with Gasteiger partial charge in [-0.3, -0.25) is 14.4 Å². The van der Waals surface area contributed by atoms with Crippen molar-refractivity contribution in [3.63, 3.8) is 0 Å². The molecule has 0 bridgehead atoms. The molecule has 5 heterocycles. The fourth-order valence-corrected chi connectivity index (χ4v) is 6.11. The number of amides is 3. The molecule has 2 aromatic rings. The van der Waals surface area contributed by atoms with Crippen molar-refractivity contribution in [3.8, 4) is 11.4 Å². The summed E-state index contributed by atoms with van der Waals surface area (Å²) in [6, 6.07) is 0. The highest BCUT2D eigenvalue weighted by atomic mass is 32.1. The number of ether oxygens (including phenoxy) is 1. The number of hydrogen-bond donors (Lipinski definition) is 2. The molecule has 0 aromatic carbocycles. The average Bonchev–Trinajstić information content (AvgIpc) is 3.07. The summed E-state index contributed by atoms with van der Waals surface area (Å²) in [6.45, 7) is 7.50. The maximum atomic E-state index is 13.9. The highest BCUT2D eigenvalue weighted by Crippen LogP contribution is 2.30. The van der Waals surface area contributed by atoms with Gasteiger partial charge in [-0.15, -0.1) is 0 Å². The van der Waals surface area contributed by atoms with E-state index in [-0.39, 0.29) is 52.8 Å². The van der Waals surface area contributed by atoms with Crippen LogP contribution in [0.1, 0.15) is 18.5 Å². The molecular weight excluding hydrogens is 624 g/mol. The van der Waals surface area contributed by atoms with Crippen LogP contribution in [0.5, 0.6) is 0 Å². The molecular formula is C28H37F2N11O4S. The van der Waals surface area contributed by atoms with Crippen molar-refractivity contribution in [1.82, 2.24) is 39.6 Å². The second-order valence-corrected chi connectivity index (χ2v) is 11.9. The molecule has 15 nitrogen and oxygen atoms in total. The summed E-state index contributed by atoms with van der Waals surface area (Å²) in [4.78, 5) is 68.0. The molecule has 2 aromatic heterocycles. The minimum absolute atomic E-state index is 0.0115. The third-order valence-electron chi connectivity index (χ3n) is 8.24. The lowest BCUT2D eigenvalue weighted by Gasteiger charge is -2.38. The Morgan fingerprint density at radius 3 is 2.30 bits per heavy atom. The normalized spacial score (nSPS) is 20.5. The zero-order valence-corrected chi connectivity index (χ0v) is 26.4. The van der Waals surface area contributed by atoms with Gasteiger partial charge in [0, 0.05) is 70.9 Å². The minimum Gasteiger partial charge on any atom is -0.378 e. The van der Waals surface area contributed by atoms with Gasteiger partial charge in [-0.1, -0.05) is 6.58 Å². The Morgan fingerprint density at radius 2 is 1.70 bits per heavy atom. The number of thiol groups is 1. The van der Waals surface area contributed by atoms with Crippen LogP contribution in [0.25, 0.3) is 11.4 Å². The van der Waals surface area contributed by atoms with Crippen LogP contribution >= 0.6 is 12.6 Å². The first kappa shape index (κ1) is 33.2. The molecule has 46 heavy (non-hydrogen) atoms. The quantitative estimate of drug-likeness (QED) is 0.290. The number of piperazine rings is 1. The number of rotatable bonds is 8. The summed E-state index contributed by atoms with van der Waals surface area (Å²) in [7, 11) is 1.59. The van der Waals surface area contributed by atoms with Crippen LogP contribution in [0.15, 0.2) is 18.9 Å². The van der Waals surface area contributed by atoms with Crippen LogP contribution in [0.3, 0.4) is 0 Å².